The van der Waals surface area contributed by atoms with Gasteiger partial charge in [0.05, 0.1) is 6.04 Å². The fourth-order valence-electron chi connectivity index (χ4n) is 3.40. The molecule has 0 aromatic heterocycles. The van der Waals surface area contributed by atoms with Crippen LogP contribution in [0.15, 0.2) is 54.6 Å². The van der Waals surface area contributed by atoms with Gasteiger partial charge in [-0.3, -0.25) is 4.79 Å². The van der Waals surface area contributed by atoms with Gasteiger partial charge in [-0.05, 0) is 43.5 Å². The van der Waals surface area contributed by atoms with Crippen LogP contribution in [0.4, 0.5) is 11.4 Å². The number of hydrogen-bond donors (Lipinski definition) is 1. The lowest BCUT2D eigenvalue weighted by molar-refractivity contribution is -0.119. The Balaban J connectivity index is 1.92. The zero-order valence-electron chi connectivity index (χ0n) is 13.8. The van der Waals surface area contributed by atoms with Crippen molar-refractivity contribution in [1.82, 2.24) is 0 Å². The normalized spacial score (nSPS) is 20.0. The average Bonchev–Trinajstić information content (AvgIpc) is 2.56. The number of carbonyl (C=O) groups is 1. The summed E-state index contributed by atoms with van der Waals surface area (Å²) in [5.41, 5.74) is 3.38. The van der Waals surface area contributed by atoms with Gasteiger partial charge in [-0.15, -0.1) is 0 Å². The highest BCUT2D eigenvalue weighted by Gasteiger charge is 2.32. The maximum Gasteiger partial charge on any atom is 0.227 e. The molecule has 3 nitrogen and oxygen atoms in total. The van der Waals surface area contributed by atoms with Crippen molar-refractivity contribution in [3.63, 3.8) is 0 Å². The molecule has 0 saturated carbocycles. The van der Waals surface area contributed by atoms with Gasteiger partial charge in [-0.2, -0.15) is 0 Å². The third kappa shape index (κ3) is 3.24. The Labute approximate surface area is 138 Å². The Bertz CT molecular complexity index is 668. The smallest absolute Gasteiger partial charge is 0.227 e. The number of anilines is 2. The third-order valence-corrected chi connectivity index (χ3v) is 4.44. The molecule has 1 N–H and O–H groups in total. The summed E-state index contributed by atoms with van der Waals surface area (Å²) in [6.45, 7) is 4.20. The Morgan fingerprint density at radius 3 is 2.57 bits per heavy atom. The molecule has 0 saturated heterocycles. The van der Waals surface area contributed by atoms with Gasteiger partial charge >= 0.3 is 0 Å². The van der Waals surface area contributed by atoms with E-state index in [2.05, 4.69) is 49.5 Å². The van der Waals surface area contributed by atoms with Crippen LogP contribution in [-0.4, -0.2) is 11.9 Å². The van der Waals surface area contributed by atoms with Gasteiger partial charge in [0.2, 0.25) is 5.91 Å². The van der Waals surface area contributed by atoms with Crippen molar-refractivity contribution in [2.45, 2.75) is 45.2 Å². The maximum atomic E-state index is 12.5. The largest absolute Gasteiger partial charge is 0.378 e. The quantitative estimate of drug-likeness (QED) is 0.882. The highest BCUT2D eigenvalue weighted by atomic mass is 16.2. The van der Waals surface area contributed by atoms with E-state index < -0.39 is 0 Å². The second-order valence-electron chi connectivity index (χ2n) is 6.22. The van der Waals surface area contributed by atoms with Crippen molar-refractivity contribution in [2.24, 2.45) is 0 Å². The molecular weight excluding hydrogens is 284 g/mol. The predicted molar refractivity (Wildman–Crippen MR) is 95.7 cm³/mol. The number of para-hydroxylation sites is 2. The first-order valence-electron chi connectivity index (χ1n) is 8.43. The molecule has 2 atom stereocenters. The summed E-state index contributed by atoms with van der Waals surface area (Å²) < 4.78 is 0. The minimum atomic E-state index is 0.199. The summed E-state index contributed by atoms with van der Waals surface area (Å²) in [6.07, 6.45) is 2.41. The van der Waals surface area contributed by atoms with Crippen LogP contribution in [0.25, 0.3) is 0 Å². The van der Waals surface area contributed by atoms with Crippen molar-refractivity contribution >= 4 is 17.3 Å². The zero-order valence-corrected chi connectivity index (χ0v) is 13.8. The Hall–Kier alpha value is -2.29. The summed E-state index contributed by atoms with van der Waals surface area (Å²) in [4.78, 5) is 14.5. The lowest BCUT2D eigenvalue weighted by Crippen LogP contribution is -2.44. The first-order valence-corrected chi connectivity index (χ1v) is 8.43. The van der Waals surface area contributed by atoms with E-state index in [0.29, 0.717) is 6.42 Å². The van der Waals surface area contributed by atoms with Gasteiger partial charge in [-0.1, -0.05) is 43.3 Å². The molecule has 0 aliphatic carbocycles. The number of hydrogen-bond acceptors (Lipinski definition) is 2. The van der Waals surface area contributed by atoms with E-state index in [9.17, 15) is 4.79 Å². The highest BCUT2D eigenvalue weighted by Crippen LogP contribution is 2.39. The molecule has 1 aliphatic heterocycles. The Morgan fingerprint density at radius 1 is 1.13 bits per heavy atom. The molecule has 2 aromatic rings. The van der Waals surface area contributed by atoms with Gasteiger partial charge in [0.15, 0.2) is 0 Å². The predicted octanol–water partition coefficient (Wildman–Crippen LogP) is 4.77. The average molecular weight is 308 g/mol. The molecule has 0 fully saturated rings. The van der Waals surface area contributed by atoms with Crippen LogP contribution in [0.1, 0.15) is 44.7 Å². The molecule has 1 amide bonds. The number of amides is 1. The molecule has 2 aromatic carbocycles. The van der Waals surface area contributed by atoms with Crippen LogP contribution in [0.2, 0.25) is 0 Å². The van der Waals surface area contributed by atoms with E-state index in [1.807, 2.05) is 29.2 Å². The molecule has 3 rings (SSSR count). The lowest BCUT2D eigenvalue weighted by Gasteiger charge is -2.40. The maximum absolute atomic E-state index is 12.5. The second-order valence-corrected chi connectivity index (χ2v) is 6.22. The standard InChI is InChI=1S/C20H24N2O/c1-3-9-20(23)22-15(2)14-18(17-12-7-8-13-19(17)22)21-16-10-5-4-6-11-16/h4-8,10-13,15,18,21H,3,9,14H2,1-2H3/t15-,18-/m0/s1. The molecule has 23 heavy (non-hydrogen) atoms. The number of benzene rings is 2. The molecule has 1 heterocycles. The number of nitrogens with zero attached hydrogens (tertiary/aromatic N) is 1. The SMILES string of the molecule is CCCC(=O)N1c2ccccc2[C@@H](Nc2ccccc2)C[C@@H]1C. The van der Waals surface area contributed by atoms with Crippen LogP contribution in [0, 0.1) is 0 Å². The summed E-state index contributed by atoms with van der Waals surface area (Å²) in [5.74, 6) is 0.227. The number of fused-ring (bicyclic) bond motifs is 1. The van der Waals surface area contributed by atoms with Gasteiger partial charge in [0.1, 0.15) is 0 Å². The minimum absolute atomic E-state index is 0.199. The minimum Gasteiger partial charge on any atom is -0.378 e. The first kappa shape index (κ1) is 15.6. The molecular formula is C20H24N2O. The molecule has 0 bridgehead atoms. The topological polar surface area (TPSA) is 32.3 Å². The molecule has 0 unspecified atom stereocenters. The molecule has 1 aliphatic rings. The van der Waals surface area contributed by atoms with Crippen molar-refractivity contribution in [3.05, 3.63) is 60.2 Å². The van der Waals surface area contributed by atoms with Crippen molar-refractivity contribution in [2.75, 3.05) is 10.2 Å². The molecule has 0 radical (unpaired) electrons. The summed E-state index contributed by atoms with van der Waals surface area (Å²) >= 11 is 0. The summed E-state index contributed by atoms with van der Waals surface area (Å²) in [6, 6.07) is 19.0. The molecule has 3 heteroatoms. The van der Waals surface area contributed by atoms with Crippen LogP contribution >= 0.6 is 0 Å². The van der Waals surface area contributed by atoms with Gasteiger partial charge in [-0.25, -0.2) is 0 Å². The van der Waals surface area contributed by atoms with Gasteiger partial charge < -0.3 is 10.2 Å². The van der Waals surface area contributed by atoms with Crippen LogP contribution < -0.4 is 10.2 Å². The molecule has 0 spiro atoms. The summed E-state index contributed by atoms with van der Waals surface area (Å²) in [5, 5.41) is 3.62. The lowest BCUT2D eigenvalue weighted by atomic mass is 9.91. The van der Waals surface area contributed by atoms with E-state index in [1.54, 1.807) is 0 Å². The van der Waals surface area contributed by atoms with Crippen LogP contribution in [-0.2, 0) is 4.79 Å². The summed E-state index contributed by atoms with van der Waals surface area (Å²) in [7, 11) is 0. The van der Waals surface area contributed by atoms with Crippen molar-refractivity contribution in [1.29, 1.82) is 0 Å². The Kier molecular flexibility index (Phi) is 4.65. The number of carbonyl (C=O) groups excluding carboxylic acids is 1. The van der Waals surface area contributed by atoms with E-state index in [4.69, 9.17) is 0 Å². The van der Waals surface area contributed by atoms with E-state index in [0.717, 1.165) is 24.2 Å². The first-order chi connectivity index (χ1) is 11.2. The molecule has 120 valence electrons. The highest BCUT2D eigenvalue weighted by molar-refractivity contribution is 5.95. The Morgan fingerprint density at radius 2 is 1.83 bits per heavy atom. The van der Waals surface area contributed by atoms with E-state index in [1.165, 1.54) is 5.56 Å². The monoisotopic (exact) mass is 308 g/mol. The van der Waals surface area contributed by atoms with Crippen molar-refractivity contribution < 1.29 is 4.79 Å². The van der Waals surface area contributed by atoms with Crippen LogP contribution in [0.3, 0.4) is 0 Å². The second kappa shape index (κ2) is 6.86. The number of nitrogens with one attached hydrogen (secondary N) is 1. The zero-order chi connectivity index (χ0) is 16.2. The van der Waals surface area contributed by atoms with Crippen LogP contribution in [0.5, 0.6) is 0 Å². The van der Waals surface area contributed by atoms with Crippen molar-refractivity contribution in [3.8, 4) is 0 Å². The van der Waals surface area contributed by atoms with Gasteiger partial charge in [0.25, 0.3) is 0 Å². The fourth-order valence-corrected chi connectivity index (χ4v) is 3.40. The number of rotatable bonds is 4. The van der Waals surface area contributed by atoms with Gasteiger partial charge in [0, 0.05) is 23.8 Å². The van der Waals surface area contributed by atoms with E-state index >= 15 is 0 Å². The van der Waals surface area contributed by atoms with E-state index in [-0.39, 0.29) is 18.0 Å². The fraction of sp³-hybridized carbons (Fsp3) is 0.350. The third-order valence-electron chi connectivity index (χ3n) is 4.44.